The third kappa shape index (κ3) is 4.99. The predicted octanol–water partition coefficient (Wildman–Crippen LogP) is 4.10. The lowest BCUT2D eigenvalue weighted by molar-refractivity contribution is -0.140. The Morgan fingerprint density at radius 2 is 1.56 bits per heavy atom. The van der Waals surface area contributed by atoms with Gasteiger partial charge in [-0.1, -0.05) is 41.5 Å². The van der Waals surface area contributed by atoms with Crippen molar-refractivity contribution >= 4 is 5.91 Å². The van der Waals surface area contributed by atoms with Crippen molar-refractivity contribution in [2.75, 3.05) is 13.1 Å². The lowest BCUT2D eigenvalue weighted by Crippen LogP contribution is -2.44. The van der Waals surface area contributed by atoms with Crippen LogP contribution >= 0.6 is 0 Å². The maximum atomic E-state index is 12.2. The summed E-state index contributed by atoms with van der Waals surface area (Å²) < 4.78 is 0. The largest absolute Gasteiger partial charge is 0.342 e. The maximum absolute atomic E-state index is 12.2. The highest BCUT2D eigenvalue weighted by molar-refractivity contribution is 5.81. The molecule has 0 aliphatic carbocycles. The van der Waals surface area contributed by atoms with Crippen molar-refractivity contribution in [1.29, 1.82) is 0 Å². The van der Waals surface area contributed by atoms with Crippen molar-refractivity contribution in [3.8, 4) is 0 Å². The molecule has 1 saturated heterocycles. The normalized spacial score (nSPS) is 19.1. The van der Waals surface area contributed by atoms with E-state index in [1.165, 1.54) is 25.7 Å². The van der Waals surface area contributed by atoms with E-state index in [1.54, 1.807) is 0 Å². The summed E-state index contributed by atoms with van der Waals surface area (Å²) in [6.07, 6.45) is 5.00. The molecule has 1 aliphatic heterocycles. The number of nitrogens with zero attached hydrogens (tertiary/aromatic N) is 1. The minimum absolute atomic E-state index is 0.224. The van der Waals surface area contributed by atoms with Crippen molar-refractivity contribution in [2.24, 2.45) is 16.7 Å². The van der Waals surface area contributed by atoms with Gasteiger partial charge in [0.1, 0.15) is 0 Å². The van der Waals surface area contributed by atoms with Gasteiger partial charge in [0.15, 0.2) is 0 Å². The van der Waals surface area contributed by atoms with Crippen LogP contribution in [0.2, 0.25) is 0 Å². The van der Waals surface area contributed by atoms with Gasteiger partial charge in [-0.05, 0) is 37.0 Å². The Labute approximate surface area is 113 Å². The van der Waals surface area contributed by atoms with Crippen molar-refractivity contribution in [3.05, 3.63) is 0 Å². The second-order valence-corrected chi connectivity index (χ2v) is 8.08. The van der Waals surface area contributed by atoms with Crippen LogP contribution in [0.25, 0.3) is 0 Å². The molecular formula is C16H31NO. The molecule has 0 radical (unpaired) electrons. The fraction of sp³-hybridized carbons (Fsp3) is 0.938. The lowest BCUT2D eigenvalue weighted by Gasteiger charge is -2.36. The van der Waals surface area contributed by atoms with Gasteiger partial charge in [-0.25, -0.2) is 0 Å². The van der Waals surface area contributed by atoms with Crippen molar-refractivity contribution in [3.63, 3.8) is 0 Å². The molecular weight excluding hydrogens is 222 g/mol. The van der Waals surface area contributed by atoms with Crippen LogP contribution in [-0.4, -0.2) is 23.9 Å². The van der Waals surface area contributed by atoms with Crippen LogP contribution in [0.5, 0.6) is 0 Å². The second kappa shape index (κ2) is 5.63. The summed E-state index contributed by atoms with van der Waals surface area (Å²) in [6.45, 7) is 14.9. The lowest BCUT2D eigenvalue weighted by atomic mass is 9.83. The van der Waals surface area contributed by atoms with E-state index in [9.17, 15) is 4.79 Å². The molecule has 1 rings (SSSR count). The standard InChI is InChI=1S/C16H31NO/c1-15(2,3)10-7-13-8-11-17(12-9-13)14(18)16(4,5)6/h13H,7-12H2,1-6H3. The van der Waals surface area contributed by atoms with E-state index in [1.807, 2.05) is 20.8 Å². The Bertz CT molecular complexity index is 274. The first kappa shape index (κ1) is 15.5. The Hall–Kier alpha value is -0.530. The Morgan fingerprint density at radius 3 is 1.94 bits per heavy atom. The van der Waals surface area contributed by atoms with E-state index in [4.69, 9.17) is 0 Å². The van der Waals surface area contributed by atoms with Crippen LogP contribution in [0.4, 0.5) is 0 Å². The first-order chi connectivity index (χ1) is 8.09. The molecule has 0 aromatic carbocycles. The maximum Gasteiger partial charge on any atom is 0.227 e. The average Bonchev–Trinajstić information content (AvgIpc) is 2.24. The molecule has 2 heteroatoms. The number of amides is 1. The predicted molar refractivity (Wildman–Crippen MR) is 77.4 cm³/mol. The fourth-order valence-electron chi connectivity index (χ4n) is 2.54. The molecule has 0 unspecified atom stereocenters. The molecule has 1 amide bonds. The minimum atomic E-state index is -0.224. The summed E-state index contributed by atoms with van der Waals surface area (Å²) in [5, 5.41) is 0. The third-order valence-corrected chi connectivity index (χ3v) is 3.85. The Morgan fingerprint density at radius 1 is 1.06 bits per heavy atom. The molecule has 0 bridgehead atoms. The second-order valence-electron chi connectivity index (χ2n) is 8.08. The molecule has 0 N–H and O–H groups in total. The average molecular weight is 253 g/mol. The van der Waals surface area contributed by atoms with Crippen LogP contribution in [0.15, 0.2) is 0 Å². The molecule has 1 fully saturated rings. The van der Waals surface area contributed by atoms with E-state index in [0.717, 1.165) is 19.0 Å². The van der Waals surface area contributed by atoms with Crippen LogP contribution in [0, 0.1) is 16.7 Å². The van der Waals surface area contributed by atoms with Gasteiger partial charge in [-0.15, -0.1) is 0 Å². The van der Waals surface area contributed by atoms with Gasteiger partial charge in [0.2, 0.25) is 5.91 Å². The molecule has 1 heterocycles. The number of carbonyl (C=O) groups excluding carboxylic acids is 1. The number of likely N-dealkylation sites (tertiary alicyclic amines) is 1. The van der Waals surface area contributed by atoms with E-state index in [2.05, 4.69) is 25.7 Å². The quantitative estimate of drug-likeness (QED) is 0.725. The zero-order valence-electron chi connectivity index (χ0n) is 13.2. The summed E-state index contributed by atoms with van der Waals surface area (Å²) in [6, 6.07) is 0. The van der Waals surface area contributed by atoms with Gasteiger partial charge in [0.25, 0.3) is 0 Å². The molecule has 0 aromatic rings. The first-order valence-corrected chi connectivity index (χ1v) is 7.39. The van der Waals surface area contributed by atoms with Crippen LogP contribution in [0.3, 0.4) is 0 Å². The molecule has 2 nitrogen and oxygen atoms in total. The zero-order valence-corrected chi connectivity index (χ0v) is 13.2. The number of hydrogen-bond acceptors (Lipinski definition) is 1. The van der Waals surface area contributed by atoms with Gasteiger partial charge < -0.3 is 4.90 Å². The van der Waals surface area contributed by atoms with Crippen molar-refractivity contribution in [2.45, 2.75) is 67.2 Å². The molecule has 0 saturated carbocycles. The van der Waals surface area contributed by atoms with Crippen LogP contribution < -0.4 is 0 Å². The van der Waals surface area contributed by atoms with Gasteiger partial charge in [0, 0.05) is 18.5 Å². The molecule has 0 spiro atoms. The van der Waals surface area contributed by atoms with Crippen LogP contribution in [-0.2, 0) is 4.79 Å². The molecule has 1 aliphatic rings. The van der Waals surface area contributed by atoms with E-state index < -0.39 is 0 Å². The molecule has 0 aromatic heterocycles. The van der Waals surface area contributed by atoms with Crippen molar-refractivity contribution in [1.82, 2.24) is 4.90 Å². The minimum Gasteiger partial charge on any atom is -0.342 e. The van der Waals surface area contributed by atoms with Gasteiger partial charge in [-0.2, -0.15) is 0 Å². The van der Waals surface area contributed by atoms with E-state index in [0.29, 0.717) is 11.3 Å². The molecule has 18 heavy (non-hydrogen) atoms. The highest BCUT2D eigenvalue weighted by Crippen LogP contribution is 2.30. The first-order valence-electron chi connectivity index (χ1n) is 7.39. The summed E-state index contributed by atoms with van der Waals surface area (Å²) in [4.78, 5) is 14.2. The van der Waals surface area contributed by atoms with Crippen LogP contribution in [0.1, 0.15) is 67.2 Å². The summed E-state index contributed by atoms with van der Waals surface area (Å²) in [5.41, 5.74) is 0.219. The number of carbonyl (C=O) groups is 1. The number of piperidine rings is 1. The van der Waals surface area contributed by atoms with E-state index in [-0.39, 0.29) is 5.41 Å². The SMILES string of the molecule is CC(C)(C)CCC1CCN(C(=O)C(C)(C)C)CC1. The topological polar surface area (TPSA) is 20.3 Å². The zero-order chi connectivity index (χ0) is 14.0. The van der Waals surface area contributed by atoms with Gasteiger partial charge in [0.05, 0.1) is 0 Å². The van der Waals surface area contributed by atoms with Crippen molar-refractivity contribution < 1.29 is 4.79 Å². The summed E-state index contributed by atoms with van der Waals surface area (Å²) in [7, 11) is 0. The number of rotatable bonds is 2. The monoisotopic (exact) mass is 253 g/mol. The summed E-state index contributed by atoms with van der Waals surface area (Å²) in [5.74, 6) is 1.14. The van der Waals surface area contributed by atoms with E-state index >= 15 is 0 Å². The Balaban J connectivity index is 2.35. The number of hydrogen-bond donors (Lipinski definition) is 0. The molecule has 106 valence electrons. The molecule has 0 atom stereocenters. The van der Waals surface area contributed by atoms with Gasteiger partial charge in [-0.3, -0.25) is 4.79 Å². The Kier molecular flexibility index (Phi) is 4.85. The smallest absolute Gasteiger partial charge is 0.227 e. The fourth-order valence-corrected chi connectivity index (χ4v) is 2.54. The highest BCUT2D eigenvalue weighted by Gasteiger charge is 2.30. The highest BCUT2D eigenvalue weighted by atomic mass is 16.2. The van der Waals surface area contributed by atoms with Gasteiger partial charge >= 0.3 is 0 Å². The summed E-state index contributed by atoms with van der Waals surface area (Å²) >= 11 is 0. The third-order valence-electron chi connectivity index (χ3n) is 3.85.